The van der Waals surface area contributed by atoms with Crippen molar-refractivity contribution in [2.75, 3.05) is 4.90 Å². The lowest BCUT2D eigenvalue weighted by Crippen LogP contribution is -2.18. The second kappa shape index (κ2) is 18.8. The van der Waals surface area contributed by atoms with E-state index in [1.54, 1.807) is 0 Å². The summed E-state index contributed by atoms with van der Waals surface area (Å²) >= 11 is 0. The SMILES string of the molecule is C1=CCC2C(=C1)N(c1nc(-c3ccccc3)nc(-c3ccccc3)n1)c1ccc3c(c12)c1c2c4ccccc4n(-c4nc(-c5ccccc5)nc(-c5ccccc5)n4)c2ccc1n3-c1nc(-c2ccccc2)nc(-c2ccccc2)n1. The number of rotatable bonds is 9. The van der Waals surface area contributed by atoms with E-state index in [2.05, 4.69) is 80.8 Å². The van der Waals surface area contributed by atoms with Crippen molar-refractivity contribution in [1.82, 2.24) is 54.0 Å². The van der Waals surface area contributed by atoms with Crippen molar-refractivity contribution >= 4 is 55.2 Å². The lowest BCUT2D eigenvalue weighted by molar-refractivity contribution is 0.817. The van der Waals surface area contributed by atoms with Crippen molar-refractivity contribution in [2.24, 2.45) is 0 Å². The molecule has 1 aliphatic heterocycles. The second-order valence-electron chi connectivity index (χ2n) is 20.1. The Morgan fingerprint density at radius 2 is 0.667 bits per heavy atom. The van der Waals surface area contributed by atoms with Gasteiger partial charge < -0.3 is 0 Å². The third kappa shape index (κ3) is 7.64. The van der Waals surface area contributed by atoms with Crippen LogP contribution in [0.2, 0.25) is 0 Å². The van der Waals surface area contributed by atoms with Crippen molar-refractivity contribution in [2.45, 2.75) is 12.3 Å². The molecule has 1 unspecified atom stereocenters. The highest BCUT2D eigenvalue weighted by molar-refractivity contribution is 6.30. The average Bonchev–Trinajstić information content (AvgIpc) is 3.36. The molecule has 1 atom stereocenters. The smallest absolute Gasteiger partial charge is 0.238 e. The van der Waals surface area contributed by atoms with Crippen LogP contribution < -0.4 is 4.90 Å². The number of anilines is 2. The Hall–Kier alpha value is -11.1. The molecule has 1 aliphatic carbocycles. The maximum atomic E-state index is 5.41. The second-order valence-corrected chi connectivity index (χ2v) is 20.1. The largest absolute Gasteiger partial charge is 0.282 e. The predicted octanol–water partition coefficient (Wildman–Crippen LogP) is 15.5. The Bertz CT molecular complexity index is 4660. The van der Waals surface area contributed by atoms with Crippen molar-refractivity contribution in [3.05, 3.63) is 260 Å². The zero-order valence-corrected chi connectivity index (χ0v) is 43.3. The van der Waals surface area contributed by atoms with Gasteiger partial charge >= 0.3 is 0 Å². The van der Waals surface area contributed by atoms with E-state index in [1.807, 2.05) is 182 Å². The summed E-state index contributed by atoms with van der Waals surface area (Å²) in [6.45, 7) is 0. The minimum atomic E-state index is -0.0861. The van der Waals surface area contributed by atoms with Crippen LogP contribution in [0.25, 0.3) is 124 Å². The molecule has 380 valence electrons. The summed E-state index contributed by atoms with van der Waals surface area (Å²) in [7, 11) is 0. The van der Waals surface area contributed by atoms with Crippen molar-refractivity contribution in [3.8, 4) is 80.2 Å². The average molecular weight is 1040 g/mol. The Morgan fingerprint density at radius 1 is 0.309 bits per heavy atom. The first-order valence-corrected chi connectivity index (χ1v) is 27.0. The third-order valence-electron chi connectivity index (χ3n) is 15.4. The number of benzene rings is 9. The number of nitrogens with zero attached hydrogens (tertiary/aromatic N) is 12. The summed E-state index contributed by atoms with van der Waals surface area (Å²) in [5.74, 6) is 4.92. The van der Waals surface area contributed by atoms with Gasteiger partial charge in [0.15, 0.2) is 34.9 Å². The zero-order chi connectivity index (χ0) is 53.4. The zero-order valence-electron chi connectivity index (χ0n) is 43.3. The number of aromatic nitrogens is 11. The van der Waals surface area contributed by atoms with Gasteiger partial charge in [-0.2, -0.15) is 29.9 Å². The van der Waals surface area contributed by atoms with Gasteiger partial charge in [0.05, 0.1) is 27.8 Å². The molecule has 14 aromatic rings. The van der Waals surface area contributed by atoms with E-state index in [0.29, 0.717) is 52.8 Å². The third-order valence-corrected chi connectivity index (χ3v) is 15.4. The minimum absolute atomic E-state index is 0.0861. The molecule has 0 fully saturated rings. The molecule has 16 rings (SSSR count). The van der Waals surface area contributed by atoms with Gasteiger partial charge in [0, 0.05) is 66.5 Å². The highest BCUT2D eigenvalue weighted by Crippen LogP contribution is 2.55. The van der Waals surface area contributed by atoms with Crippen LogP contribution in [0.3, 0.4) is 0 Å². The number of hydrogen-bond donors (Lipinski definition) is 0. The molecule has 5 aromatic heterocycles. The molecule has 0 saturated heterocycles. The van der Waals surface area contributed by atoms with Crippen molar-refractivity contribution < 1.29 is 0 Å². The maximum Gasteiger partial charge on any atom is 0.238 e. The first kappa shape index (κ1) is 46.0. The van der Waals surface area contributed by atoms with Crippen LogP contribution >= 0.6 is 0 Å². The van der Waals surface area contributed by atoms with E-state index >= 15 is 0 Å². The molecule has 2 aliphatic rings. The summed E-state index contributed by atoms with van der Waals surface area (Å²) in [5, 5.41) is 4.19. The van der Waals surface area contributed by atoms with Gasteiger partial charge in [-0.25, -0.2) is 15.0 Å². The van der Waals surface area contributed by atoms with Gasteiger partial charge in [-0.1, -0.05) is 212 Å². The van der Waals surface area contributed by atoms with Gasteiger partial charge in [-0.15, -0.1) is 0 Å². The lowest BCUT2D eigenvalue weighted by atomic mass is 9.88. The van der Waals surface area contributed by atoms with Crippen molar-refractivity contribution in [1.29, 1.82) is 0 Å². The molecule has 0 saturated carbocycles. The van der Waals surface area contributed by atoms with Crippen LogP contribution in [0.15, 0.2) is 254 Å². The molecule has 0 N–H and O–H groups in total. The summed E-state index contributed by atoms with van der Waals surface area (Å²) in [6, 6.07) is 78.2. The fraction of sp³-hybridized carbons (Fsp3) is 0.0290. The van der Waals surface area contributed by atoms with Crippen molar-refractivity contribution in [3.63, 3.8) is 0 Å². The number of allylic oxidation sites excluding steroid dienone is 4. The number of para-hydroxylation sites is 1. The molecule has 0 spiro atoms. The lowest BCUT2D eigenvalue weighted by Gasteiger charge is -2.23. The summed E-state index contributed by atoms with van der Waals surface area (Å²) in [5.41, 5.74) is 12.3. The first-order chi connectivity index (χ1) is 40.2. The molecule has 0 bridgehead atoms. The number of fused-ring (bicyclic) bond motifs is 11. The molecular weight excluding hydrogens is 997 g/mol. The molecule has 0 amide bonds. The molecule has 81 heavy (non-hydrogen) atoms. The van der Waals surface area contributed by atoms with Gasteiger partial charge in [0.1, 0.15) is 0 Å². The Labute approximate surface area is 464 Å². The van der Waals surface area contributed by atoms with E-state index < -0.39 is 0 Å². The normalized spacial score (nSPS) is 13.8. The summed E-state index contributed by atoms with van der Waals surface area (Å²) in [4.78, 5) is 49.7. The minimum Gasteiger partial charge on any atom is -0.282 e. The maximum absolute atomic E-state index is 5.41. The highest BCUT2D eigenvalue weighted by atomic mass is 15.3. The molecule has 9 aromatic carbocycles. The van der Waals surface area contributed by atoms with Crippen LogP contribution in [-0.2, 0) is 0 Å². The fourth-order valence-electron chi connectivity index (χ4n) is 11.8. The Balaban J connectivity index is 1.03. The van der Waals surface area contributed by atoms with Crippen LogP contribution in [0.4, 0.5) is 11.6 Å². The number of hydrogen-bond acceptors (Lipinski definition) is 10. The predicted molar refractivity (Wildman–Crippen MR) is 321 cm³/mol. The highest BCUT2D eigenvalue weighted by Gasteiger charge is 2.40. The van der Waals surface area contributed by atoms with Crippen LogP contribution in [0.1, 0.15) is 17.9 Å². The monoisotopic (exact) mass is 1040 g/mol. The van der Waals surface area contributed by atoms with Gasteiger partial charge in [-0.3, -0.25) is 14.0 Å². The van der Waals surface area contributed by atoms with Gasteiger partial charge in [0.25, 0.3) is 0 Å². The molecule has 12 heteroatoms. The van der Waals surface area contributed by atoms with Gasteiger partial charge in [0.2, 0.25) is 17.8 Å². The van der Waals surface area contributed by atoms with E-state index in [0.717, 1.165) is 100 Å². The molecule has 12 nitrogen and oxygen atoms in total. The van der Waals surface area contributed by atoms with Crippen LogP contribution in [0, 0.1) is 0 Å². The summed E-state index contributed by atoms with van der Waals surface area (Å²) in [6.07, 6.45) is 7.38. The molecule has 6 heterocycles. The van der Waals surface area contributed by atoms with E-state index in [4.69, 9.17) is 44.9 Å². The van der Waals surface area contributed by atoms with E-state index in [9.17, 15) is 0 Å². The Kier molecular flexibility index (Phi) is 10.7. The van der Waals surface area contributed by atoms with Crippen LogP contribution in [0.5, 0.6) is 0 Å². The van der Waals surface area contributed by atoms with Gasteiger partial charge in [-0.05, 0) is 48.4 Å². The van der Waals surface area contributed by atoms with E-state index in [1.165, 1.54) is 0 Å². The van der Waals surface area contributed by atoms with Crippen LogP contribution in [-0.4, -0.2) is 54.0 Å². The summed E-state index contributed by atoms with van der Waals surface area (Å²) < 4.78 is 4.43. The molecule has 0 radical (unpaired) electrons. The fourth-order valence-corrected chi connectivity index (χ4v) is 11.8. The molecular formula is C69H44N12. The topological polar surface area (TPSA) is 129 Å². The van der Waals surface area contributed by atoms with E-state index in [-0.39, 0.29) is 5.92 Å². The first-order valence-electron chi connectivity index (χ1n) is 27.0. The standard InChI is InChI=1S/C69H44N12/c1-7-23-43(24-8-1)61-70-62(44-25-9-2-10-26-44)74-67(73-61)79-51-37-21-19-35-49(51)57-53(79)39-41-55-59(57)60-56(81(55)69-77-65(47-31-15-5-16-32-47)72-66(78-69)48-33-17-6-18-34-48)42-40-54-58(60)50-36-20-22-38-52(50)80(54)68-75-63(45-27-11-3-12-28-45)71-64(76-68)46-29-13-4-14-30-46/h1-35,37-42,50H,36H2. The quantitative estimate of drug-likeness (QED) is 0.138. The Morgan fingerprint density at radius 3 is 1.11 bits per heavy atom.